The lowest BCUT2D eigenvalue weighted by Crippen LogP contribution is -2.26. The summed E-state index contributed by atoms with van der Waals surface area (Å²) in [5, 5.41) is 5.94. The highest BCUT2D eigenvalue weighted by molar-refractivity contribution is 5.95. The highest BCUT2D eigenvalue weighted by Gasteiger charge is 2.39. The zero-order chi connectivity index (χ0) is 19.6. The molecule has 142 valence electrons. The second kappa shape index (κ2) is 7.46. The summed E-state index contributed by atoms with van der Waals surface area (Å²) >= 11 is 0. The molecule has 2 aromatic rings. The maximum Gasteiger partial charge on any atom is 0.435 e. The molecule has 0 bridgehead atoms. The van der Waals surface area contributed by atoms with Crippen LogP contribution in [-0.4, -0.2) is 15.7 Å². The van der Waals surface area contributed by atoms with Crippen LogP contribution in [-0.2, 0) is 19.3 Å². The van der Waals surface area contributed by atoms with E-state index in [1.165, 1.54) is 6.92 Å². The van der Waals surface area contributed by atoms with Crippen LogP contribution < -0.4 is 16.8 Å². The predicted octanol–water partition coefficient (Wildman–Crippen LogP) is 2.38. The number of benzene rings is 1. The van der Waals surface area contributed by atoms with Crippen molar-refractivity contribution in [1.82, 2.24) is 15.1 Å². The van der Waals surface area contributed by atoms with Crippen molar-refractivity contribution >= 4 is 5.91 Å². The lowest BCUT2D eigenvalue weighted by atomic mass is 9.99. The van der Waals surface area contributed by atoms with E-state index in [9.17, 15) is 18.0 Å². The number of hydrogen-bond donors (Lipinski definition) is 3. The van der Waals surface area contributed by atoms with E-state index in [-0.39, 0.29) is 6.54 Å². The van der Waals surface area contributed by atoms with Gasteiger partial charge in [0.1, 0.15) is 0 Å². The van der Waals surface area contributed by atoms with Crippen molar-refractivity contribution < 1.29 is 18.0 Å². The minimum absolute atomic E-state index is 0.0992. The van der Waals surface area contributed by atoms with Gasteiger partial charge in [-0.3, -0.25) is 9.48 Å². The number of nitrogens with two attached hydrogens (primary N) is 2. The van der Waals surface area contributed by atoms with Gasteiger partial charge in [-0.05, 0) is 43.0 Å². The Labute approximate surface area is 149 Å². The number of aromatic nitrogens is 2. The first-order valence-electron chi connectivity index (χ1n) is 8.03. The minimum atomic E-state index is -4.75. The maximum absolute atomic E-state index is 13.2. The third kappa shape index (κ3) is 4.23. The van der Waals surface area contributed by atoms with Gasteiger partial charge in [0, 0.05) is 19.3 Å². The smallest absolute Gasteiger partial charge is 0.348 e. The second-order valence-corrected chi connectivity index (χ2v) is 6.20. The molecule has 1 atom stereocenters. The molecule has 2 rings (SSSR count). The maximum atomic E-state index is 13.2. The Bertz CT molecular complexity index is 788. The fraction of sp³-hybridized carbons (Fsp3) is 0.412. The van der Waals surface area contributed by atoms with Gasteiger partial charge in [0.2, 0.25) is 0 Å². The molecule has 6 nitrogen and oxygen atoms in total. The third-order valence-electron chi connectivity index (χ3n) is 4.08. The van der Waals surface area contributed by atoms with Gasteiger partial charge in [-0.25, -0.2) is 0 Å². The summed E-state index contributed by atoms with van der Waals surface area (Å²) in [6.45, 7) is 5.69. The summed E-state index contributed by atoms with van der Waals surface area (Å²) in [5.41, 5.74) is 13.0. The molecule has 0 saturated heterocycles. The highest BCUT2D eigenvalue weighted by atomic mass is 19.4. The van der Waals surface area contributed by atoms with Crippen molar-refractivity contribution in [3.8, 4) is 0 Å². The molecule has 9 heteroatoms. The Kier molecular flexibility index (Phi) is 5.72. The van der Waals surface area contributed by atoms with Gasteiger partial charge in [0.15, 0.2) is 5.69 Å². The number of alkyl halides is 3. The van der Waals surface area contributed by atoms with Crippen molar-refractivity contribution in [2.75, 3.05) is 0 Å². The quantitative estimate of drug-likeness (QED) is 0.753. The van der Waals surface area contributed by atoms with Crippen LogP contribution in [0.5, 0.6) is 0 Å². The highest BCUT2D eigenvalue weighted by Crippen LogP contribution is 2.31. The van der Waals surface area contributed by atoms with Crippen LogP contribution in [0.15, 0.2) is 18.3 Å². The molecule has 0 aliphatic heterocycles. The molecule has 1 aromatic carbocycles. The van der Waals surface area contributed by atoms with Gasteiger partial charge in [-0.2, -0.15) is 18.3 Å². The van der Waals surface area contributed by atoms with Crippen LogP contribution in [0.1, 0.15) is 51.4 Å². The van der Waals surface area contributed by atoms with Gasteiger partial charge in [-0.15, -0.1) is 0 Å². The average molecular weight is 369 g/mol. The van der Waals surface area contributed by atoms with Gasteiger partial charge in [0.05, 0.1) is 11.7 Å². The molecule has 5 N–H and O–H groups in total. The Hall–Kier alpha value is -2.39. The van der Waals surface area contributed by atoms with Gasteiger partial charge < -0.3 is 16.8 Å². The molecule has 0 spiro atoms. The Morgan fingerprint density at radius 1 is 1.31 bits per heavy atom. The summed E-state index contributed by atoms with van der Waals surface area (Å²) in [6, 6.07) is 3.79. The van der Waals surface area contributed by atoms with Crippen molar-refractivity contribution in [2.45, 2.75) is 46.2 Å². The van der Waals surface area contributed by atoms with Crippen molar-refractivity contribution in [2.24, 2.45) is 11.5 Å². The Morgan fingerprint density at radius 2 is 1.88 bits per heavy atom. The number of amides is 1. The fourth-order valence-electron chi connectivity index (χ4n) is 2.72. The van der Waals surface area contributed by atoms with E-state index in [1.54, 1.807) is 0 Å². The minimum Gasteiger partial charge on any atom is -0.348 e. The van der Waals surface area contributed by atoms with Gasteiger partial charge in [-0.1, -0.05) is 12.1 Å². The average Bonchev–Trinajstić information content (AvgIpc) is 2.99. The lowest BCUT2D eigenvalue weighted by molar-refractivity contribution is -0.141. The standard InChI is InChI=1S/C17H22F3N5O/c1-9-4-12(6-21)5-10(2)13(9)7-23-16(26)14-8-25(11(3)22)24-15(14)17(18,19)20/h4-5,8,11H,6-7,21-22H2,1-3H3,(H,23,26)/t11-/m0/s1. The molecule has 1 amide bonds. The molecule has 0 saturated carbocycles. The molecule has 0 radical (unpaired) electrons. The van der Waals surface area contributed by atoms with Gasteiger partial charge in [0.25, 0.3) is 5.91 Å². The largest absolute Gasteiger partial charge is 0.435 e. The van der Waals surface area contributed by atoms with E-state index in [1.807, 2.05) is 26.0 Å². The molecule has 1 aromatic heterocycles. The second-order valence-electron chi connectivity index (χ2n) is 6.20. The monoisotopic (exact) mass is 369 g/mol. The van der Waals surface area contributed by atoms with Crippen LogP contribution >= 0.6 is 0 Å². The normalized spacial score (nSPS) is 12.9. The first kappa shape index (κ1) is 19.9. The summed E-state index contributed by atoms with van der Waals surface area (Å²) in [7, 11) is 0. The number of aryl methyl sites for hydroxylation is 2. The molecule has 26 heavy (non-hydrogen) atoms. The third-order valence-corrected chi connectivity index (χ3v) is 4.08. The number of nitrogens with zero attached hydrogens (tertiary/aromatic N) is 2. The Balaban J connectivity index is 2.26. The summed E-state index contributed by atoms with van der Waals surface area (Å²) < 4.78 is 40.4. The van der Waals surface area contributed by atoms with Crippen LogP contribution in [0, 0.1) is 13.8 Å². The number of nitrogens with one attached hydrogen (secondary N) is 1. The fourth-order valence-corrected chi connectivity index (χ4v) is 2.72. The number of carbonyl (C=O) groups excluding carboxylic acids is 1. The number of hydrogen-bond acceptors (Lipinski definition) is 4. The van der Waals surface area contributed by atoms with E-state index in [2.05, 4.69) is 10.4 Å². The van der Waals surface area contributed by atoms with Gasteiger partial charge >= 0.3 is 6.18 Å². The van der Waals surface area contributed by atoms with Crippen LogP contribution in [0.3, 0.4) is 0 Å². The first-order chi connectivity index (χ1) is 12.0. The van der Waals surface area contributed by atoms with E-state index < -0.39 is 29.5 Å². The van der Waals surface area contributed by atoms with E-state index >= 15 is 0 Å². The van der Waals surface area contributed by atoms with E-state index in [4.69, 9.17) is 11.5 Å². The zero-order valence-electron chi connectivity index (χ0n) is 14.8. The molecule has 0 unspecified atom stereocenters. The van der Waals surface area contributed by atoms with Crippen LogP contribution in [0.4, 0.5) is 13.2 Å². The topological polar surface area (TPSA) is 99.0 Å². The van der Waals surface area contributed by atoms with Crippen molar-refractivity contribution in [1.29, 1.82) is 0 Å². The molecular weight excluding hydrogens is 347 g/mol. The van der Waals surface area contributed by atoms with E-state index in [0.717, 1.165) is 33.1 Å². The summed E-state index contributed by atoms with van der Waals surface area (Å²) in [4.78, 5) is 12.3. The molecule has 0 aliphatic rings. The molecule has 0 aliphatic carbocycles. The van der Waals surface area contributed by atoms with E-state index in [0.29, 0.717) is 6.54 Å². The zero-order valence-corrected chi connectivity index (χ0v) is 14.8. The van der Waals surface area contributed by atoms with Crippen LogP contribution in [0.25, 0.3) is 0 Å². The number of rotatable bonds is 5. The lowest BCUT2D eigenvalue weighted by Gasteiger charge is -2.13. The molecular formula is C17H22F3N5O. The molecule has 0 fully saturated rings. The predicted molar refractivity (Wildman–Crippen MR) is 91.1 cm³/mol. The van der Waals surface area contributed by atoms with Crippen molar-refractivity contribution in [3.05, 3.63) is 51.8 Å². The number of halogens is 3. The van der Waals surface area contributed by atoms with Crippen molar-refractivity contribution in [3.63, 3.8) is 0 Å². The Morgan fingerprint density at radius 3 is 2.35 bits per heavy atom. The molecule has 1 heterocycles. The first-order valence-corrected chi connectivity index (χ1v) is 8.03. The summed E-state index contributed by atoms with van der Waals surface area (Å²) in [6.07, 6.45) is -4.52. The SMILES string of the molecule is Cc1cc(CN)cc(C)c1CNC(=O)c1cn([C@@H](C)N)nc1C(F)(F)F. The summed E-state index contributed by atoms with van der Waals surface area (Å²) in [5.74, 6) is -0.856. The van der Waals surface area contributed by atoms with Crippen LogP contribution in [0.2, 0.25) is 0 Å². The number of carbonyl (C=O) groups is 1.